The van der Waals surface area contributed by atoms with Gasteiger partial charge in [-0.15, -0.1) is 0 Å². The molecule has 6 rings (SSSR count). The highest BCUT2D eigenvalue weighted by Crippen LogP contribution is 2.64. The van der Waals surface area contributed by atoms with Crippen molar-refractivity contribution in [2.75, 3.05) is 19.3 Å². The van der Waals surface area contributed by atoms with E-state index in [1.54, 1.807) is 6.26 Å². The first-order valence-corrected chi connectivity index (χ1v) is 11.9. The summed E-state index contributed by atoms with van der Waals surface area (Å²) in [6.45, 7) is 1.29. The molecule has 1 unspecified atom stereocenters. The van der Waals surface area contributed by atoms with Crippen molar-refractivity contribution in [1.29, 1.82) is 0 Å². The molecule has 1 N–H and O–H groups in total. The third kappa shape index (κ3) is 2.65. The van der Waals surface area contributed by atoms with Gasteiger partial charge < -0.3 is 10.0 Å². The van der Waals surface area contributed by atoms with Gasteiger partial charge in [0.05, 0.1) is 11.4 Å². The third-order valence-electron chi connectivity index (χ3n) is 8.20. The van der Waals surface area contributed by atoms with Crippen molar-refractivity contribution in [3.05, 3.63) is 35.9 Å². The minimum Gasteiger partial charge on any atom is -0.393 e. The molecule has 1 aromatic carbocycles. The van der Waals surface area contributed by atoms with Gasteiger partial charge in [0.15, 0.2) is 0 Å². The fraction of sp³-hybridized carbons (Fsp3) is 0.682. The summed E-state index contributed by atoms with van der Waals surface area (Å²) in [6, 6.07) is 10.7. The number of hydrogen-bond acceptors (Lipinski definition) is 3. The maximum atomic E-state index is 13.2. The normalized spacial score (nSPS) is 41.4. The van der Waals surface area contributed by atoms with Crippen molar-refractivity contribution in [1.82, 2.24) is 4.90 Å². The van der Waals surface area contributed by atoms with Gasteiger partial charge in [-0.2, -0.15) is 0 Å². The molecule has 1 amide bonds. The van der Waals surface area contributed by atoms with E-state index in [0.717, 1.165) is 25.7 Å². The number of nitrogens with zero attached hydrogens (tertiary/aromatic N) is 1. The second-order valence-corrected chi connectivity index (χ2v) is 11.0. The summed E-state index contributed by atoms with van der Waals surface area (Å²) in [7, 11) is -0.843. The van der Waals surface area contributed by atoms with Crippen molar-refractivity contribution in [3.63, 3.8) is 0 Å². The van der Waals surface area contributed by atoms with Crippen LogP contribution in [0, 0.1) is 23.7 Å². The van der Waals surface area contributed by atoms with Crippen LogP contribution in [0.15, 0.2) is 30.3 Å². The van der Waals surface area contributed by atoms with Gasteiger partial charge in [-0.25, -0.2) is 0 Å². The minimum atomic E-state index is -0.843. The van der Waals surface area contributed by atoms with Crippen molar-refractivity contribution < 1.29 is 14.1 Å². The first-order chi connectivity index (χ1) is 13.0. The Morgan fingerprint density at radius 3 is 2.19 bits per heavy atom. The highest BCUT2D eigenvalue weighted by Gasteiger charge is 2.61. The summed E-state index contributed by atoms with van der Waals surface area (Å²) in [5.74, 6) is 2.07. The molecule has 4 nitrogen and oxygen atoms in total. The van der Waals surface area contributed by atoms with Gasteiger partial charge in [-0.1, -0.05) is 30.3 Å². The Bertz CT molecular complexity index is 728. The van der Waals surface area contributed by atoms with Crippen molar-refractivity contribution >= 4 is 16.7 Å². The molecule has 4 aliphatic carbocycles. The van der Waals surface area contributed by atoms with Crippen LogP contribution in [-0.4, -0.2) is 50.8 Å². The second kappa shape index (κ2) is 6.41. The number of rotatable bonds is 4. The van der Waals surface area contributed by atoms with Crippen LogP contribution in [0.4, 0.5) is 0 Å². The highest BCUT2D eigenvalue weighted by atomic mass is 32.2. The summed E-state index contributed by atoms with van der Waals surface area (Å²) in [6.07, 6.45) is 6.40. The fourth-order valence-electron chi connectivity index (χ4n) is 6.79. The molecule has 4 saturated carbocycles. The van der Waals surface area contributed by atoms with Crippen LogP contribution in [-0.2, 0) is 21.0 Å². The standard InChI is InChI=1S/C22H29NO3S/c1-27(26)19-12-23(13-19)20(24)11-22(16-5-3-2-4-6-16)17-7-14-8-18(22)10-15(9-17)21(14)25/h2-6,14-15,17-19,21,25H,7-13H2,1H3. The van der Waals surface area contributed by atoms with E-state index in [1.807, 2.05) is 4.90 Å². The van der Waals surface area contributed by atoms with E-state index in [9.17, 15) is 14.1 Å². The number of amides is 1. The van der Waals surface area contributed by atoms with Gasteiger partial charge in [0.1, 0.15) is 0 Å². The number of aliphatic hydroxyl groups excluding tert-OH is 1. The van der Waals surface area contributed by atoms with Gasteiger partial charge >= 0.3 is 0 Å². The van der Waals surface area contributed by atoms with E-state index >= 15 is 0 Å². The van der Waals surface area contributed by atoms with E-state index in [0.29, 0.717) is 43.2 Å². The zero-order valence-electron chi connectivity index (χ0n) is 15.9. The molecule has 1 atom stereocenters. The Morgan fingerprint density at radius 2 is 1.67 bits per heavy atom. The van der Waals surface area contributed by atoms with Crippen molar-refractivity contribution in [2.45, 2.75) is 48.9 Å². The fourth-order valence-corrected chi connectivity index (χ4v) is 7.57. The summed E-state index contributed by atoms with van der Waals surface area (Å²) in [5.41, 5.74) is 1.24. The number of carbonyl (C=O) groups is 1. The van der Waals surface area contributed by atoms with Crippen LogP contribution in [0.3, 0.4) is 0 Å². The van der Waals surface area contributed by atoms with Crippen LogP contribution in [0.5, 0.6) is 0 Å². The number of benzene rings is 1. The monoisotopic (exact) mass is 387 g/mol. The summed E-state index contributed by atoms with van der Waals surface area (Å²) in [5, 5.41) is 10.7. The number of carbonyl (C=O) groups excluding carboxylic acids is 1. The predicted octanol–water partition coefficient (Wildman–Crippen LogP) is 2.33. The molecule has 146 valence electrons. The number of hydrogen-bond donors (Lipinski definition) is 1. The predicted molar refractivity (Wildman–Crippen MR) is 106 cm³/mol. The highest BCUT2D eigenvalue weighted by molar-refractivity contribution is 7.85. The summed E-state index contributed by atoms with van der Waals surface area (Å²) < 4.78 is 11.6. The largest absolute Gasteiger partial charge is 0.393 e. The molecule has 27 heavy (non-hydrogen) atoms. The van der Waals surface area contributed by atoms with Crippen LogP contribution < -0.4 is 0 Å². The lowest BCUT2D eigenvalue weighted by Gasteiger charge is -2.63. The van der Waals surface area contributed by atoms with Gasteiger partial charge in [0.25, 0.3) is 0 Å². The van der Waals surface area contributed by atoms with Gasteiger partial charge in [-0.05, 0) is 54.9 Å². The van der Waals surface area contributed by atoms with E-state index in [2.05, 4.69) is 30.3 Å². The Kier molecular flexibility index (Phi) is 4.24. The Hall–Kier alpha value is -1.20. The van der Waals surface area contributed by atoms with Crippen molar-refractivity contribution in [2.24, 2.45) is 23.7 Å². The molecule has 1 saturated heterocycles. The van der Waals surface area contributed by atoms with Crippen LogP contribution in [0.25, 0.3) is 0 Å². The summed E-state index contributed by atoms with van der Waals surface area (Å²) in [4.78, 5) is 15.1. The molecule has 5 aliphatic rings. The third-order valence-corrected chi connectivity index (χ3v) is 9.43. The van der Waals surface area contributed by atoms with Crippen LogP contribution in [0.2, 0.25) is 0 Å². The molecule has 1 aliphatic heterocycles. The molecule has 1 aromatic rings. The molecular weight excluding hydrogens is 358 g/mol. The first-order valence-electron chi connectivity index (χ1n) is 10.3. The van der Waals surface area contributed by atoms with E-state index in [4.69, 9.17) is 0 Å². The second-order valence-electron chi connectivity index (χ2n) is 9.35. The van der Waals surface area contributed by atoms with E-state index in [1.165, 1.54) is 5.56 Å². The zero-order valence-corrected chi connectivity index (χ0v) is 16.7. The van der Waals surface area contributed by atoms with Crippen molar-refractivity contribution in [3.8, 4) is 0 Å². The molecule has 1 heterocycles. The van der Waals surface area contributed by atoms with Crippen LogP contribution >= 0.6 is 0 Å². The van der Waals surface area contributed by atoms with Crippen LogP contribution in [0.1, 0.15) is 37.7 Å². The first kappa shape index (κ1) is 17.9. The SMILES string of the molecule is CS(=O)C1CN(C(=O)CC2(c3ccccc3)C3CC4CC2CC(C3)C4O)C1. The zero-order chi connectivity index (χ0) is 18.8. The number of aliphatic hydroxyl groups is 1. The van der Waals surface area contributed by atoms with E-state index in [-0.39, 0.29) is 22.7 Å². The maximum Gasteiger partial charge on any atom is 0.223 e. The van der Waals surface area contributed by atoms with Gasteiger partial charge in [0.2, 0.25) is 5.91 Å². The lowest BCUT2D eigenvalue weighted by atomic mass is 9.42. The topological polar surface area (TPSA) is 57.6 Å². The molecular formula is C22H29NO3S. The minimum absolute atomic E-state index is 0.0814. The van der Waals surface area contributed by atoms with Gasteiger partial charge in [0, 0.05) is 42.0 Å². The molecule has 0 spiro atoms. The quantitative estimate of drug-likeness (QED) is 0.863. The average Bonchev–Trinajstić information content (AvgIpc) is 2.59. The number of likely N-dealkylation sites (tertiary alicyclic amines) is 1. The lowest BCUT2D eigenvalue weighted by molar-refractivity contribution is -0.154. The average molecular weight is 388 g/mol. The molecule has 5 heteroatoms. The smallest absolute Gasteiger partial charge is 0.223 e. The van der Waals surface area contributed by atoms with Gasteiger partial charge in [-0.3, -0.25) is 9.00 Å². The molecule has 5 fully saturated rings. The Morgan fingerprint density at radius 1 is 1.11 bits per heavy atom. The Balaban J connectivity index is 1.45. The molecule has 0 radical (unpaired) electrons. The van der Waals surface area contributed by atoms with E-state index < -0.39 is 10.8 Å². The molecule has 0 aromatic heterocycles. The lowest BCUT2D eigenvalue weighted by Crippen LogP contribution is -2.62. The molecule has 4 bridgehead atoms. The maximum absolute atomic E-state index is 13.2. The summed E-state index contributed by atoms with van der Waals surface area (Å²) >= 11 is 0. The Labute approximate surface area is 163 Å².